The molecule has 5 heteroatoms. The van der Waals surface area contributed by atoms with Gasteiger partial charge in [0.15, 0.2) is 0 Å². The van der Waals surface area contributed by atoms with E-state index in [1.807, 2.05) is 10.3 Å². The van der Waals surface area contributed by atoms with E-state index in [0.717, 1.165) is 25.1 Å². The zero-order chi connectivity index (χ0) is 11.5. The number of carbonyl (C=O) groups is 1. The highest BCUT2D eigenvalue weighted by Gasteiger charge is 2.31. The molecule has 2 atom stereocenters. The minimum Gasteiger partial charge on any atom is -0.480 e. The zero-order valence-electron chi connectivity index (χ0n) is 9.30. The second-order valence-corrected chi connectivity index (χ2v) is 5.15. The largest absolute Gasteiger partial charge is 0.480 e. The van der Waals surface area contributed by atoms with Crippen LogP contribution in [0.5, 0.6) is 0 Å². The first-order valence-electron chi connectivity index (χ1n) is 5.50. The van der Waals surface area contributed by atoms with E-state index in [1.54, 1.807) is 16.8 Å². The van der Waals surface area contributed by atoms with Gasteiger partial charge in [-0.25, -0.2) is 4.98 Å². The van der Waals surface area contributed by atoms with E-state index in [2.05, 4.69) is 11.9 Å². The Kier molecular flexibility index (Phi) is 3.56. The van der Waals surface area contributed by atoms with Crippen molar-refractivity contribution in [2.45, 2.75) is 32.4 Å². The van der Waals surface area contributed by atoms with E-state index in [0.29, 0.717) is 12.5 Å². The molecule has 2 heterocycles. The second-order valence-electron chi connectivity index (χ2n) is 4.43. The van der Waals surface area contributed by atoms with Crippen molar-refractivity contribution in [1.29, 1.82) is 0 Å². The lowest BCUT2D eigenvalue weighted by Gasteiger charge is -2.35. The fourth-order valence-electron chi connectivity index (χ4n) is 2.16. The van der Waals surface area contributed by atoms with Crippen LogP contribution in [0.15, 0.2) is 10.9 Å². The minimum absolute atomic E-state index is 0.342. The molecule has 16 heavy (non-hydrogen) atoms. The third-order valence-corrected chi connectivity index (χ3v) is 3.74. The number of likely N-dealkylation sites (tertiary alicyclic amines) is 1. The van der Waals surface area contributed by atoms with Gasteiger partial charge in [-0.1, -0.05) is 6.92 Å². The second kappa shape index (κ2) is 4.93. The Bertz CT molecular complexity index is 353. The number of piperidine rings is 1. The lowest BCUT2D eigenvalue weighted by Crippen LogP contribution is -2.46. The van der Waals surface area contributed by atoms with Gasteiger partial charge in [-0.3, -0.25) is 9.69 Å². The van der Waals surface area contributed by atoms with Gasteiger partial charge in [-0.05, 0) is 25.3 Å². The van der Waals surface area contributed by atoms with E-state index in [9.17, 15) is 9.90 Å². The number of aliphatic carboxylic acids is 1. The molecule has 1 aromatic heterocycles. The Morgan fingerprint density at radius 1 is 1.75 bits per heavy atom. The summed E-state index contributed by atoms with van der Waals surface area (Å²) in [6.07, 6.45) is 1.83. The molecule has 1 aromatic rings. The smallest absolute Gasteiger partial charge is 0.320 e. The van der Waals surface area contributed by atoms with Crippen molar-refractivity contribution in [3.8, 4) is 0 Å². The summed E-state index contributed by atoms with van der Waals surface area (Å²) < 4.78 is 0. The van der Waals surface area contributed by atoms with E-state index < -0.39 is 5.97 Å². The molecule has 1 aliphatic rings. The van der Waals surface area contributed by atoms with Crippen molar-refractivity contribution in [1.82, 2.24) is 9.88 Å². The van der Waals surface area contributed by atoms with Crippen molar-refractivity contribution < 1.29 is 9.90 Å². The SMILES string of the molecule is CC1CCN(Cc2cscn2)C(C(=O)O)C1. The minimum atomic E-state index is -0.707. The van der Waals surface area contributed by atoms with Crippen molar-refractivity contribution in [2.24, 2.45) is 5.92 Å². The standard InChI is InChI=1S/C11H16N2O2S/c1-8-2-3-13(10(4-8)11(14)15)5-9-6-16-7-12-9/h6-8,10H,2-5H2,1H3,(H,14,15). The topological polar surface area (TPSA) is 53.4 Å². The van der Waals surface area contributed by atoms with Crippen LogP contribution in [0.3, 0.4) is 0 Å². The van der Waals surface area contributed by atoms with Gasteiger partial charge in [0.05, 0.1) is 11.2 Å². The van der Waals surface area contributed by atoms with Crippen LogP contribution in [0.1, 0.15) is 25.5 Å². The molecule has 1 fully saturated rings. The van der Waals surface area contributed by atoms with Crippen molar-refractivity contribution in [3.63, 3.8) is 0 Å². The molecule has 0 spiro atoms. The van der Waals surface area contributed by atoms with E-state index >= 15 is 0 Å². The predicted octanol–water partition coefficient (Wildman–Crippen LogP) is 1.83. The predicted molar refractivity (Wildman–Crippen MR) is 62.3 cm³/mol. The van der Waals surface area contributed by atoms with Gasteiger partial charge < -0.3 is 5.11 Å². The highest BCUT2D eigenvalue weighted by atomic mass is 32.1. The summed E-state index contributed by atoms with van der Waals surface area (Å²) in [5, 5.41) is 11.2. The third kappa shape index (κ3) is 2.59. The summed E-state index contributed by atoms with van der Waals surface area (Å²) in [4.78, 5) is 17.4. The molecule has 0 aromatic carbocycles. The number of carboxylic acid groups (broad SMARTS) is 1. The van der Waals surface area contributed by atoms with Gasteiger partial charge in [0.25, 0.3) is 0 Å². The molecular weight excluding hydrogens is 224 g/mol. The molecule has 0 aliphatic carbocycles. The van der Waals surface area contributed by atoms with Crippen molar-refractivity contribution in [2.75, 3.05) is 6.54 Å². The molecule has 4 nitrogen and oxygen atoms in total. The summed E-state index contributed by atoms with van der Waals surface area (Å²) in [5.41, 5.74) is 2.77. The number of carboxylic acids is 1. The van der Waals surface area contributed by atoms with Crippen LogP contribution in [0.25, 0.3) is 0 Å². The molecule has 1 aliphatic heterocycles. The maximum atomic E-state index is 11.2. The average Bonchev–Trinajstić information content (AvgIpc) is 2.73. The van der Waals surface area contributed by atoms with Crippen LogP contribution >= 0.6 is 11.3 Å². The molecule has 0 amide bonds. The van der Waals surface area contributed by atoms with Gasteiger partial charge in [0, 0.05) is 11.9 Å². The molecule has 0 radical (unpaired) electrons. The highest BCUT2D eigenvalue weighted by molar-refractivity contribution is 7.07. The monoisotopic (exact) mass is 240 g/mol. The fraction of sp³-hybridized carbons (Fsp3) is 0.636. The highest BCUT2D eigenvalue weighted by Crippen LogP contribution is 2.24. The zero-order valence-corrected chi connectivity index (χ0v) is 10.1. The molecule has 1 N–H and O–H groups in total. The first-order valence-corrected chi connectivity index (χ1v) is 6.45. The van der Waals surface area contributed by atoms with Crippen molar-refractivity contribution >= 4 is 17.3 Å². The Hall–Kier alpha value is -0.940. The lowest BCUT2D eigenvalue weighted by atomic mass is 9.92. The number of hydrogen-bond donors (Lipinski definition) is 1. The van der Waals surface area contributed by atoms with Crippen LogP contribution in [0.4, 0.5) is 0 Å². The molecule has 2 unspecified atom stereocenters. The van der Waals surface area contributed by atoms with Crippen LogP contribution in [-0.4, -0.2) is 33.5 Å². The Morgan fingerprint density at radius 2 is 2.56 bits per heavy atom. The van der Waals surface area contributed by atoms with Crippen LogP contribution < -0.4 is 0 Å². The molecule has 0 saturated carbocycles. The molecule has 2 rings (SSSR count). The number of aromatic nitrogens is 1. The summed E-state index contributed by atoms with van der Waals surface area (Å²) >= 11 is 1.55. The van der Waals surface area contributed by atoms with E-state index in [-0.39, 0.29) is 6.04 Å². The molecule has 0 bridgehead atoms. The number of thiazole rings is 1. The molecule has 1 saturated heterocycles. The Labute approximate surface area is 98.9 Å². The van der Waals surface area contributed by atoms with E-state index in [1.165, 1.54) is 0 Å². The van der Waals surface area contributed by atoms with Crippen LogP contribution in [-0.2, 0) is 11.3 Å². The normalized spacial score (nSPS) is 26.8. The van der Waals surface area contributed by atoms with Gasteiger partial charge in [-0.15, -0.1) is 11.3 Å². The number of rotatable bonds is 3. The summed E-state index contributed by atoms with van der Waals surface area (Å²) in [5.74, 6) is -0.199. The fourth-order valence-corrected chi connectivity index (χ4v) is 2.71. The maximum absolute atomic E-state index is 11.2. The summed E-state index contributed by atoms with van der Waals surface area (Å²) in [6, 6.07) is -0.342. The van der Waals surface area contributed by atoms with Gasteiger partial charge in [0.2, 0.25) is 0 Å². The van der Waals surface area contributed by atoms with Crippen LogP contribution in [0.2, 0.25) is 0 Å². The Balaban J connectivity index is 2.04. The van der Waals surface area contributed by atoms with Gasteiger partial charge >= 0.3 is 5.97 Å². The van der Waals surface area contributed by atoms with Crippen LogP contribution in [0, 0.1) is 5.92 Å². The average molecular weight is 240 g/mol. The van der Waals surface area contributed by atoms with E-state index in [4.69, 9.17) is 0 Å². The first-order chi connectivity index (χ1) is 7.66. The summed E-state index contributed by atoms with van der Waals surface area (Å²) in [7, 11) is 0. The number of hydrogen-bond acceptors (Lipinski definition) is 4. The van der Waals surface area contributed by atoms with Gasteiger partial charge in [0.1, 0.15) is 6.04 Å². The Morgan fingerprint density at radius 3 is 3.19 bits per heavy atom. The third-order valence-electron chi connectivity index (χ3n) is 3.11. The quantitative estimate of drug-likeness (QED) is 0.875. The lowest BCUT2D eigenvalue weighted by molar-refractivity contribution is -0.145. The summed E-state index contributed by atoms with van der Waals surface area (Å²) in [6.45, 7) is 3.64. The molecule has 88 valence electrons. The molecular formula is C11H16N2O2S. The first kappa shape index (κ1) is 11.5. The van der Waals surface area contributed by atoms with Crippen molar-refractivity contribution in [3.05, 3.63) is 16.6 Å². The maximum Gasteiger partial charge on any atom is 0.320 e. The van der Waals surface area contributed by atoms with Gasteiger partial charge in [-0.2, -0.15) is 0 Å². The number of nitrogens with zero attached hydrogens (tertiary/aromatic N) is 2.